The molecule has 0 radical (unpaired) electrons. The van der Waals surface area contributed by atoms with Crippen molar-refractivity contribution in [3.05, 3.63) is 76.8 Å². The average Bonchev–Trinajstić information content (AvgIpc) is 3.13. The Kier molecular flexibility index (Phi) is 5.59. The molecule has 3 aromatic carbocycles. The second kappa shape index (κ2) is 8.07. The Morgan fingerprint density at radius 2 is 1.67 bits per heavy atom. The number of imidazole rings is 1. The van der Waals surface area contributed by atoms with Gasteiger partial charge in [0.1, 0.15) is 5.82 Å². The third-order valence-electron chi connectivity index (χ3n) is 4.21. The molecule has 0 aliphatic heterocycles. The second-order valence-corrected chi connectivity index (χ2v) is 6.37. The number of benzene rings is 3. The number of aromatic nitrogens is 2. The molecule has 0 saturated heterocycles. The molecule has 0 fully saturated rings. The minimum absolute atomic E-state index is 0.548. The molecule has 4 heteroatoms. The second-order valence-electron chi connectivity index (χ2n) is 5.96. The zero-order valence-electron chi connectivity index (χ0n) is 15.5. The van der Waals surface area contributed by atoms with E-state index >= 15 is 0 Å². The summed E-state index contributed by atoms with van der Waals surface area (Å²) in [6.45, 7) is 6.05. The summed E-state index contributed by atoms with van der Waals surface area (Å²) in [4.78, 5) is 8.09. The lowest BCUT2D eigenvalue weighted by Gasteiger charge is -2.11. The summed E-state index contributed by atoms with van der Waals surface area (Å²) in [6.07, 6.45) is 0. The summed E-state index contributed by atoms with van der Waals surface area (Å²) >= 11 is 6.45. The number of halogens is 1. The fraction of sp³-hybridized carbons (Fsp3) is 0.130. The lowest BCUT2D eigenvalue weighted by Crippen LogP contribution is -1.90. The normalized spacial score (nSPS) is 10.2. The Morgan fingerprint density at radius 1 is 0.926 bits per heavy atom. The average molecular weight is 374 g/mol. The van der Waals surface area contributed by atoms with Gasteiger partial charge in [0, 0.05) is 16.1 Å². The van der Waals surface area contributed by atoms with E-state index in [-0.39, 0.29) is 0 Å². The van der Waals surface area contributed by atoms with Crippen LogP contribution in [0.3, 0.4) is 0 Å². The molecule has 0 saturated carbocycles. The minimum Gasteiger partial charge on any atom is -0.338 e. The quantitative estimate of drug-likeness (QED) is 0.422. The number of fused-ring (bicyclic) bond motifs is 1. The number of hydrogen-bond donors (Lipinski definition) is 1. The summed E-state index contributed by atoms with van der Waals surface area (Å²) in [5, 5.41) is 9.61. The van der Waals surface area contributed by atoms with Crippen LogP contribution >= 0.6 is 11.6 Å². The highest BCUT2D eigenvalue weighted by Gasteiger charge is 2.14. The molecule has 4 aromatic rings. The van der Waals surface area contributed by atoms with Crippen LogP contribution in [0.2, 0.25) is 5.02 Å². The summed E-state index contributed by atoms with van der Waals surface area (Å²) in [5.41, 5.74) is 6.47. The van der Waals surface area contributed by atoms with E-state index in [0.29, 0.717) is 10.6 Å². The molecular weight excluding hydrogens is 354 g/mol. The molecule has 0 spiro atoms. The fourth-order valence-corrected chi connectivity index (χ4v) is 3.25. The molecule has 1 aromatic heterocycles. The predicted molar refractivity (Wildman–Crippen MR) is 113 cm³/mol. The van der Waals surface area contributed by atoms with Gasteiger partial charge in [-0.05, 0) is 36.8 Å². The van der Waals surface area contributed by atoms with E-state index in [0.717, 1.165) is 39.1 Å². The number of nitrogens with zero attached hydrogens (tertiary/aromatic N) is 2. The molecule has 0 aliphatic carbocycles. The molecular formula is C23H20ClN3. The van der Waals surface area contributed by atoms with Gasteiger partial charge < -0.3 is 4.98 Å². The van der Waals surface area contributed by atoms with Gasteiger partial charge in [-0.15, -0.1) is 0 Å². The zero-order chi connectivity index (χ0) is 19.4. The van der Waals surface area contributed by atoms with Crippen LogP contribution in [-0.4, -0.2) is 9.97 Å². The van der Waals surface area contributed by atoms with Gasteiger partial charge in [0.2, 0.25) is 0 Å². The molecule has 4 rings (SSSR count). The maximum Gasteiger partial charge on any atom is 0.139 e. The molecule has 0 amide bonds. The SMILES string of the molecule is CC.Cc1ccc(-c2nc3ccccc3[nH]2)c(-c2ccc(C#N)cc2Cl)c1. The third kappa shape index (κ3) is 3.72. The van der Waals surface area contributed by atoms with Crippen LogP contribution in [0.15, 0.2) is 60.7 Å². The first-order valence-corrected chi connectivity index (χ1v) is 9.29. The smallest absolute Gasteiger partial charge is 0.139 e. The third-order valence-corrected chi connectivity index (χ3v) is 4.52. The van der Waals surface area contributed by atoms with Crippen LogP contribution in [0, 0.1) is 18.3 Å². The van der Waals surface area contributed by atoms with Crippen molar-refractivity contribution < 1.29 is 0 Å². The molecule has 27 heavy (non-hydrogen) atoms. The monoisotopic (exact) mass is 373 g/mol. The number of aryl methyl sites for hydroxylation is 1. The first-order chi connectivity index (χ1) is 13.2. The molecule has 0 atom stereocenters. The maximum absolute atomic E-state index is 9.06. The van der Waals surface area contributed by atoms with Gasteiger partial charge in [0.05, 0.1) is 22.7 Å². The molecule has 1 heterocycles. The summed E-state index contributed by atoms with van der Waals surface area (Å²) < 4.78 is 0. The minimum atomic E-state index is 0.548. The highest BCUT2D eigenvalue weighted by Crippen LogP contribution is 2.36. The number of H-pyrrole nitrogens is 1. The van der Waals surface area contributed by atoms with Crippen molar-refractivity contribution in [1.82, 2.24) is 9.97 Å². The van der Waals surface area contributed by atoms with Crippen LogP contribution in [0.1, 0.15) is 25.0 Å². The standard InChI is InChI=1S/C21H14ClN3.C2H6/c1-13-6-8-16(21-24-19-4-2-3-5-20(19)25-21)17(10-13)15-9-7-14(12-23)11-18(15)22;1-2/h2-11H,1H3,(H,24,25);1-2H3. The number of hydrogen-bond acceptors (Lipinski definition) is 2. The van der Waals surface area contributed by atoms with Gasteiger partial charge in [-0.1, -0.05) is 67.4 Å². The van der Waals surface area contributed by atoms with Crippen molar-refractivity contribution in [2.24, 2.45) is 0 Å². The Hall–Kier alpha value is -3.09. The first-order valence-electron chi connectivity index (χ1n) is 8.91. The van der Waals surface area contributed by atoms with E-state index in [4.69, 9.17) is 21.8 Å². The predicted octanol–water partition coefficient (Wildman–Crippen LogP) is 6.76. The van der Waals surface area contributed by atoms with Crippen LogP contribution in [-0.2, 0) is 0 Å². The highest BCUT2D eigenvalue weighted by atomic mass is 35.5. The first kappa shape index (κ1) is 18.7. The van der Waals surface area contributed by atoms with Gasteiger partial charge in [-0.25, -0.2) is 4.98 Å². The van der Waals surface area contributed by atoms with Crippen LogP contribution in [0.5, 0.6) is 0 Å². The molecule has 0 aliphatic rings. The number of aromatic amines is 1. The summed E-state index contributed by atoms with van der Waals surface area (Å²) in [5.74, 6) is 0.802. The van der Waals surface area contributed by atoms with Crippen LogP contribution in [0.4, 0.5) is 0 Å². The Labute approximate surface area is 164 Å². The number of nitriles is 1. The maximum atomic E-state index is 9.06. The van der Waals surface area contributed by atoms with Gasteiger partial charge in [0.15, 0.2) is 0 Å². The van der Waals surface area contributed by atoms with Crippen molar-refractivity contribution in [2.45, 2.75) is 20.8 Å². The van der Waals surface area contributed by atoms with Crippen molar-refractivity contribution in [3.8, 4) is 28.6 Å². The van der Waals surface area contributed by atoms with Gasteiger partial charge in [-0.2, -0.15) is 5.26 Å². The number of para-hydroxylation sites is 2. The molecule has 134 valence electrons. The summed E-state index contributed by atoms with van der Waals surface area (Å²) in [7, 11) is 0. The zero-order valence-corrected chi connectivity index (χ0v) is 16.3. The summed E-state index contributed by atoms with van der Waals surface area (Å²) in [6, 6.07) is 21.6. The lowest BCUT2D eigenvalue weighted by atomic mass is 9.96. The van der Waals surface area contributed by atoms with Gasteiger partial charge >= 0.3 is 0 Å². The lowest BCUT2D eigenvalue weighted by molar-refractivity contribution is 1.33. The van der Waals surface area contributed by atoms with E-state index < -0.39 is 0 Å². The Balaban J connectivity index is 0.00000102. The van der Waals surface area contributed by atoms with Crippen molar-refractivity contribution in [3.63, 3.8) is 0 Å². The van der Waals surface area contributed by atoms with Crippen molar-refractivity contribution in [2.75, 3.05) is 0 Å². The Bertz CT molecular complexity index is 1100. The van der Waals surface area contributed by atoms with E-state index in [1.54, 1.807) is 12.1 Å². The topological polar surface area (TPSA) is 52.5 Å². The van der Waals surface area contributed by atoms with Gasteiger partial charge in [-0.3, -0.25) is 0 Å². The van der Waals surface area contributed by atoms with Gasteiger partial charge in [0.25, 0.3) is 0 Å². The largest absolute Gasteiger partial charge is 0.338 e. The Morgan fingerprint density at radius 3 is 2.37 bits per heavy atom. The van der Waals surface area contributed by atoms with Crippen molar-refractivity contribution in [1.29, 1.82) is 5.26 Å². The van der Waals surface area contributed by atoms with E-state index in [1.807, 2.05) is 51.1 Å². The fourth-order valence-electron chi connectivity index (χ4n) is 2.97. The van der Waals surface area contributed by atoms with E-state index in [9.17, 15) is 0 Å². The van der Waals surface area contributed by atoms with E-state index in [2.05, 4.69) is 29.3 Å². The number of nitrogens with one attached hydrogen (secondary N) is 1. The number of rotatable bonds is 2. The van der Waals surface area contributed by atoms with E-state index in [1.165, 1.54) is 0 Å². The molecule has 1 N–H and O–H groups in total. The van der Waals surface area contributed by atoms with Crippen LogP contribution < -0.4 is 0 Å². The van der Waals surface area contributed by atoms with Crippen molar-refractivity contribution >= 4 is 22.6 Å². The molecule has 0 unspecified atom stereocenters. The molecule has 3 nitrogen and oxygen atoms in total. The highest BCUT2D eigenvalue weighted by molar-refractivity contribution is 6.33. The molecule has 0 bridgehead atoms. The van der Waals surface area contributed by atoms with Crippen LogP contribution in [0.25, 0.3) is 33.5 Å².